The topological polar surface area (TPSA) is 84.1 Å². The number of rotatable bonds is 4. The van der Waals surface area contributed by atoms with E-state index in [4.69, 9.17) is 16.3 Å². The lowest BCUT2D eigenvalue weighted by molar-refractivity contribution is 0.403. The molecule has 0 aliphatic carbocycles. The Bertz CT molecular complexity index is 697. The number of benzene rings is 1. The number of hydrogen-bond donors (Lipinski definition) is 2. The summed E-state index contributed by atoms with van der Waals surface area (Å²) in [6.45, 7) is 1.77. The fraction of sp³-hybridized carbons (Fsp3) is 0.182. The fourth-order valence-electron chi connectivity index (χ4n) is 1.53. The van der Waals surface area contributed by atoms with Gasteiger partial charge in [0.25, 0.3) is 10.0 Å². The lowest BCUT2D eigenvalue weighted by atomic mass is 10.3. The third-order valence-electron chi connectivity index (χ3n) is 2.36. The average Bonchev–Trinajstić information content (AvgIpc) is 2.73. The normalized spacial score (nSPS) is 11.3. The number of aryl methyl sites for hydroxylation is 1. The van der Waals surface area contributed by atoms with Gasteiger partial charge in [-0.15, -0.1) is 0 Å². The highest BCUT2D eigenvalue weighted by Gasteiger charge is 2.20. The van der Waals surface area contributed by atoms with Gasteiger partial charge in [-0.3, -0.25) is 9.82 Å². The minimum Gasteiger partial charge on any atom is -0.495 e. The van der Waals surface area contributed by atoms with E-state index in [0.717, 1.165) is 5.69 Å². The highest BCUT2D eigenvalue weighted by molar-refractivity contribution is 7.92. The highest BCUT2D eigenvalue weighted by atomic mass is 35.5. The van der Waals surface area contributed by atoms with Crippen LogP contribution in [-0.4, -0.2) is 25.7 Å². The average molecular weight is 302 g/mol. The minimum atomic E-state index is -3.78. The van der Waals surface area contributed by atoms with Crippen LogP contribution in [-0.2, 0) is 10.0 Å². The molecule has 0 spiro atoms. The Kier molecular flexibility index (Phi) is 3.68. The minimum absolute atomic E-state index is 0.0000491. The number of hydrogen-bond acceptors (Lipinski definition) is 4. The largest absolute Gasteiger partial charge is 0.495 e. The molecule has 0 saturated heterocycles. The molecule has 0 bridgehead atoms. The maximum absolute atomic E-state index is 12.2. The van der Waals surface area contributed by atoms with Crippen molar-refractivity contribution < 1.29 is 13.2 Å². The molecule has 8 heteroatoms. The van der Waals surface area contributed by atoms with E-state index in [1.54, 1.807) is 13.0 Å². The van der Waals surface area contributed by atoms with Crippen LogP contribution in [0.25, 0.3) is 0 Å². The first-order chi connectivity index (χ1) is 8.92. The summed E-state index contributed by atoms with van der Waals surface area (Å²) in [5.41, 5.74) is 0.751. The number of nitrogens with zero attached hydrogens (tertiary/aromatic N) is 1. The van der Waals surface area contributed by atoms with E-state index in [-0.39, 0.29) is 16.5 Å². The first kappa shape index (κ1) is 13.7. The lowest BCUT2D eigenvalue weighted by Crippen LogP contribution is -2.14. The molecular weight excluding hydrogens is 290 g/mol. The molecule has 0 aliphatic rings. The van der Waals surface area contributed by atoms with Crippen molar-refractivity contribution in [3.63, 3.8) is 0 Å². The van der Waals surface area contributed by atoms with E-state index in [9.17, 15) is 8.42 Å². The molecule has 1 aromatic carbocycles. The number of halogens is 1. The predicted molar refractivity (Wildman–Crippen MR) is 72.1 cm³/mol. The van der Waals surface area contributed by atoms with Crippen molar-refractivity contribution in [2.75, 3.05) is 11.8 Å². The van der Waals surface area contributed by atoms with Crippen LogP contribution in [0.1, 0.15) is 5.69 Å². The number of anilines is 1. The number of methoxy groups -OCH3 is 1. The number of nitrogens with one attached hydrogen (secondary N) is 2. The molecule has 0 amide bonds. The van der Waals surface area contributed by atoms with Gasteiger partial charge in [0.15, 0.2) is 5.82 Å². The monoisotopic (exact) mass is 301 g/mol. The van der Waals surface area contributed by atoms with Crippen LogP contribution in [0.2, 0.25) is 5.02 Å². The summed E-state index contributed by atoms with van der Waals surface area (Å²) in [5, 5.41) is 6.86. The van der Waals surface area contributed by atoms with Gasteiger partial charge in [0.1, 0.15) is 10.6 Å². The molecule has 6 nitrogen and oxygen atoms in total. The summed E-state index contributed by atoms with van der Waals surface area (Å²) in [7, 11) is -2.40. The third-order valence-corrected chi connectivity index (χ3v) is 3.99. The van der Waals surface area contributed by atoms with Crippen LogP contribution in [0.4, 0.5) is 5.82 Å². The van der Waals surface area contributed by atoms with Gasteiger partial charge in [-0.1, -0.05) is 11.6 Å². The Hall–Kier alpha value is -1.73. The Labute approximate surface area is 115 Å². The Balaban J connectivity index is 2.39. The summed E-state index contributed by atoms with van der Waals surface area (Å²) in [4.78, 5) is 0.0000491. The number of ether oxygens (including phenoxy) is 1. The summed E-state index contributed by atoms with van der Waals surface area (Å²) in [6, 6.07) is 5.88. The van der Waals surface area contributed by atoms with Gasteiger partial charge in [-0.25, -0.2) is 8.42 Å². The molecule has 1 aromatic heterocycles. The summed E-state index contributed by atoms with van der Waals surface area (Å²) in [6.07, 6.45) is 0. The Morgan fingerprint density at radius 2 is 2.11 bits per heavy atom. The van der Waals surface area contributed by atoms with Gasteiger partial charge in [0.05, 0.1) is 7.11 Å². The molecule has 1 heterocycles. The van der Waals surface area contributed by atoms with E-state index >= 15 is 0 Å². The molecule has 19 heavy (non-hydrogen) atoms. The smallest absolute Gasteiger partial charge is 0.266 e. The van der Waals surface area contributed by atoms with Crippen molar-refractivity contribution in [2.24, 2.45) is 0 Å². The van der Waals surface area contributed by atoms with Crippen molar-refractivity contribution in [1.82, 2.24) is 10.2 Å². The van der Waals surface area contributed by atoms with Crippen LogP contribution in [0, 0.1) is 6.92 Å². The van der Waals surface area contributed by atoms with E-state index in [0.29, 0.717) is 5.02 Å². The van der Waals surface area contributed by atoms with Gasteiger partial charge in [-0.2, -0.15) is 5.10 Å². The maximum Gasteiger partial charge on any atom is 0.266 e. The van der Waals surface area contributed by atoms with Crippen LogP contribution in [0.15, 0.2) is 29.2 Å². The second-order valence-electron chi connectivity index (χ2n) is 3.84. The maximum atomic E-state index is 12.2. The van der Waals surface area contributed by atoms with Crippen molar-refractivity contribution in [2.45, 2.75) is 11.8 Å². The van der Waals surface area contributed by atoms with E-state index in [1.165, 1.54) is 25.3 Å². The van der Waals surface area contributed by atoms with Crippen molar-refractivity contribution >= 4 is 27.4 Å². The summed E-state index contributed by atoms with van der Waals surface area (Å²) < 4.78 is 31.8. The first-order valence-electron chi connectivity index (χ1n) is 5.31. The number of aromatic nitrogens is 2. The fourth-order valence-corrected chi connectivity index (χ4v) is 2.83. The number of sulfonamides is 1. The molecule has 0 saturated carbocycles. The SMILES string of the molecule is COc1cc(Cl)ccc1S(=O)(=O)Nc1cc(C)[nH]n1. The van der Waals surface area contributed by atoms with Crippen LogP contribution in [0.5, 0.6) is 5.75 Å². The summed E-state index contributed by atoms with van der Waals surface area (Å²) >= 11 is 5.80. The molecular formula is C11H12ClN3O3S. The molecule has 102 valence electrons. The predicted octanol–water partition coefficient (Wildman–Crippen LogP) is 2.18. The van der Waals surface area contributed by atoms with Crippen LogP contribution in [0.3, 0.4) is 0 Å². The van der Waals surface area contributed by atoms with Gasteiger partial charge in [0, 0.05) is 22.8 Å². The van der Waals surface area contributed by atoms with E-state index < -0.39 is 10.0 Å². The molecule has 0 aliphatic heterocycles. The lowest BCUT2D eigenvalue weighted by Gasteiger charge is -2.10. The van der Waals surface area contributed by atoms with Crippen LogP contribution >= 0.6 is 11.6 Å². The molecule has 0 atom stereocenters. The van der Waals surface area contributed by atoms with Crippen molar-refractivity contribution in [3.05, 3.63) is 35.0 Å². The second-order valence-corrected chi connectivity index (χ2v) is 5.92. The highest BCUT2D eigenvalue weighted by Crippen LogP contribution is 2.28. The molecule has 0 radical (unpaired) electrons. The zero-order valence-electron chi connectivity index (χ0n) is 10.3. The second kappa shape index (κ2) is 5.10. The molecule has 0 fully saturated rings. The standard InChI is InChI=1S/C11H12ClN3O3S/c1-7-5-11(14-13-7)15-19(16,17)10-4-3-8(12)6-9(10)18-2/h3-6H,1-2H3,(H2,13,14,15). The van der Waals surface area contributed by atoms with Gasteiger partial charge in [-0.05, 0) is 19.1 Å². The zero-order chi connectivity index (χ0) is 14.0. The first-order valence-corrected chi connectivity index (χ1v) is 7.17. The Morgan fingerprint density at radius 1 is 1.37 bits per heavy atom. The molecule has 2 rings (SSSR count). The van der Waals surface area contributed by atoms with Gasteiger partial charge < -0.3 is 4.74 Å². The van der Waals surface area contributed by atoms with Crippen molar-refractivity contribution in [1.29, 1.82) is 0 Å². The summed E-state index contributed by atoms with van der Waals surface area (Å²) in [5.74, 6) is 0.391. The van der Waals surface area contributed by atoms with Crippen LogP contribution < -0.4 is 9.46 Å². The van der Waals surface area contributed by atoms with E-state index in [2.05, 4.69) is 14.9 Å². The number of H-pyrrole nitrogens is 1. The quantitative estimate of drug-likeness (QED) is 0.906. The molecule has 0 unspecified atom stereocenters. The number of aromatic amines is 1. The van der Waals surface area contributed by atoms with Crippen molar-refractivity contribution in [3.8, 4) is 5.75 Å². The Morgan fingerprint density at radius 3 is 2.68 bits per heavy atom. The third kappa shape index (κ3) is 2.99. The molecule has 2 N–H and O–H groups in total. The molecule has 2 aromatic rings. The van der Waals surface area contributed by atoms with E-state index in [1.807, 2.05) is 0 Å². The van der Waals surface area contributed by atoms with Gasteiger partial charge in [0.2, 0.25) is 0 Å². The zero-order valence-corrected chi connectivity index (χ0v) is 11.8. The van der Waals surface area contributed by atoms with Gasteiger partial charge >= 0.3 is 0 Å².